The van der Waals surface area contributed by atoms with Crippen molar-refractivity contribution in [1.29, 1.82) is 0 Å². The fraction of sp³-hybridized carbons (Fsp3) is 0.438. The number of rotatable bonds is 2. The molecular formula is C16H18FN3O3. The zero-order valence-electron chi connectivity index (χ0n) is 12.8. The van der Waals surface area contributed by atoms with Crippen molar-refractivity contribution in [3.05, 3.63) is 35.1 Å². The van der Waals surface area contributed by atoms with Crippen molar-refractivity contribution in [1.82, 2.24) is 15.1 Å². The Hall–Kier alpha value is -2.44. The minimum atomic E-state index is -0.607. The zero-order valence-corrected chi connectivity index (χ0v) is 12.8. The third-order valence-corrected chi connectivity index (χ3v) is 4.35. The van der Waals surface area contributed by atoms with Crippen molar-refractivity contribution in [2.75, 3.05) is 26.2 Å². The van der Waals surface area contributed by atoms with E-state index in [2.05, 4.69) is 5.32 Å². The van der Waals surface area contributed by atoms with E-state index in [4.69, 9.17) is 0 Å². The fourth-order valence-corrected chi connectivity index (χ4v) is 3.02. The maximum atomic E-state index is 13.3. The molecule has 2 fully saturated rings. The molecule has 0 aliphatic carbocycles. The van der Waals surface area contributed by atoms with Gasteiger partial charge in [-0.05, 0) is 24.1 Å². The van der Waals surface area contributed by atoms with E-state index in [0.717, 1.165) is 5.56 Å². The Morgan fingerprint density at radius 2 is 2.13 bits per heavy atom. The monoisotopic (exact) mass is 319 g/mol. The summed E-state index contributed by atoms with van der Waals surface area (Å²) in [6.45, 7) is 2.66. The summed E-state index contributed by atoms with van der Waals surface area (Å²) < 4.78 is 13.3. The van der Waals surface area contributed by atoms with Crippen LogP contribution in [-0.2, 0) is 20.8 Å². The number of aryl methyl sites for hydroxylation is 1. The van der Waals surface area contributed by atoms with Gasteiger partial charge in [-0.15, -0.1) is 0 Å². The molecule has 0 radical (unpaired) electrons. The Labute approximate surface area is 133 Å². The summed E-state index contributed by atoms with van der Waals surface area (Å²) >= 11 is 0. The van der Waals surface area contributed by atoms with Crippen LogP contribution in [-0.4, -0.2) is 59.7 Å². The fourth-order valence-electron chi connectivity index (χ4n) is 3.02. The number of hydrogen-bond donors (Lipinski definition) is 1. The number of hydrogen-bond acceptors (Lipinski definition) is 3. The van der Waals surface area contributed by atoms with Crippen LogP contribution in [0.15, 0.2) is 18.2 Å². The van der Waals surface area contributed by atoms with Crippen molar-refractivity contribution >= 4 is 17.7 Å². The van der Waals surface area contributed by atoms with Crippen LogP contribution in [0.4, 0.5) is 4.39 Å². The molecule has 122 valence electrons. The highest BCUT2D eigenvalue weighted by Gasteiger charge is 2.39. The Bertz CT molecular complexity index is 677. The molecule has 0 aromatic heterocycles. The van der Waals surface area contributed by atoms with Crippen LogP contribution in [0.5, 0.6) is 0 Å². The summed E-state index contributed by atoms with van der Waals surface area (Å²) in [5.41, 5.74) is 1.23. The number of halogens is 1. The molecule has 0 unspecified atom stereocenters. The lowest BCUT2D eigenvalue weighted by molar-refractivity contribution is -0.152. The van der Waals surface area contributed by atoms with Crippen LogP contribution in [0.1, 0.15) is 11.1 Å². The van der Waals surface area contributed by atoms with Crippen molar-refractivity contribution in [2.45, 2.75) is 19.4 Å². The third kappa shape index (κ3) is 3.04. The molecule has 0 bridgehead atoms. The van der Waals surface area contributed by atoms with Gasteiger partial charge >= 0.3 is 0 Å². The average molecular weight is 319 g/mol. The number of nitrogens with zero attached hydrogens (tertiary/aromatic N) is 2. The molecule has 1 N–H and O–H groups in total. The van der Waals surface area contributed by atoms with E-state index in [1.165, 1.54) is 11.0 Å². The van der Waals surface area contributed by atoms with E-state index < -0.39 is 6.04 Å². The molecule has 3 rings (SSSR count). The zero-order chi connectivity index (χ0) is 16.6. The highest BCUT2D eigenvalue weighted by molar-refractivity contribution is 5.95. The first-order valence-electron chi connectivity index (χ1n) is 7.55. The summed E-state index contributed by atoms with van der Waals surface area (Å²) in [4.78, 5) is 39.2. The van der Waals surface area contributed by atoms with Gasteiger partial charge in [0.1, 0.15) is 11.9 Å². The highest BCUT2D eigenvalue weighted by atomic mass is 19.1. The number of nitrogens with one attached hydrogen (secondary N) is 1. The molecule has 2 heterocycles. The van der Waals surface area contributed by atoms with E-state index in [9.17, 15) is 18.8 Å². The van der Waals surface area contributed by atoms with Crippen LogP contribution < -0.4 is 5.32 Å². The van der Waals surface area contributed by atoms with Gasteiger partial charge in [0.05, 0.1) is 19.5 Å². The summed E-state index contributed by atoms with van der Waals surface area (Å²) in [6.07, 6.45) is 0.156. The molecule has 3 amide bonds. The topological polar surface area (TPSA) is 69.7 Å². The molecular weight excluding hydrogens is 301 g/mol. The standard InChI is InChI=1S/C16H18FN3O3/c1-10-6-11(2-3-12(10)17)7-14(21)19-4-5-20-13(9-19)16(23)18-8-15(20)22/h2-3,6,13H,4-5,7-9H2,1H3,(H,18,23)/t13-/m1/s1. The number of carbonyl (C=O) groups excluding carboxylic acids is 3. The lowest BCUT2D eigenvalue weighted by atomic mass is 10.1. The minimum Gasteiger partial charge on any atom is -0.345 e. The van der Waals surface area contributed by atoms with Crippen molar-refractivity contribution in [2.24, 2.45) is 0 Å². The lowest BCUT2D eigenvalue weighted by Crippen LogP contribution is -2.66. The van der Waals surface area contributed by atoms with Gasteiger partial charge in [0.2, 0.25) is 17.7 Å². The van der Waals surface area contributed by atoms with Crippen molar-refractivity contribution in [3.63, 3.8) is 0 Å². The number of fused-ring (bicyclic) bond motifs is 1. The van der Waals surface area contributed by atoms with Gasteiger partial charge in [-0.3, -0.25) is 14.4 Å². The lowest BCUT2D eigenvalue weighted by Gasteiger charge is -2.42. The van der Waals surface area contributed by atoms with Crippen molar-refractivity contribution in [3.8, 4) is 0 Å². The summed E-state index contributed by atoms with van der Waals surface area (Å²) in [7, 11) is 0. The predicted molar refractivity (Wildman–Crippen MR) is 79.9 cm³/mol. The molecule has 6 nitrogen and oxygen atoms in total. The maximum absolute atomic E-state index is 13.3. The predicted octanol–water partition coefficient (Wildman–Crippen LogP) is -0.154. The van der Waals surface area contributed by atoms with E-state index in [1.54, 1.807) is 24.0 Å². The molecule has 1 aromatic carbocycles. The molecule has 1 atom stereocenters. The smallest absolute Gasteiger partial charge is 0.245 e. The molecule has 2 saturated heterocycles. The first-order valence-corrected chi connectivity index (χ1v) is 7.55. The van der Waals surface area contributed by atoms with Gasteiger partial charge in [-0.25, -0.2) is 4.39 Å². The number of benzene rings is 1. The van der Waals surface area contributed by atoms with Gasteiger partial charge in [0.15, 0.2) is 0 Å². The van der Waals surface area contributed by atoms with E-state index in [1.807, 2.05) is 0 Å². The Kier molecular flexibility index (Phi) is 4.02. The maximum Gasteiger partial charge on any atom is 0.245 e. The van der Waals surface area contributed by atoms with E-state index in [-0.39, 0.29) is 43.0 Å². The Morgan fingerprint density at radius 1 is 1.35 bits per heavy atom. The molecule has 0 spiro atoms. The summed E-state index contributed by atoms with van der Waals surface area (Å²) in [5, 5.41) is 2.54. The number of piperazine rings is 2. The SMILES string of the molecule is Cc1cc(CC(=O)N2CCN3C(=O)CNC(=O)[C@H]3C2)ccc1F. The van der Waals surface area contributed by atoms with E-state index >= 15 is 0 Å². The Morgan fingerprint density at radius 3 is 2.87 bits per heavy atom. The van der Waals surface area contributed by atoms with Gasteiger partial charge in [0, 0.05) is 13.1 Å². The first kappa shape index (κ1) is 15.5. The minimum absolute atomic E-state index is 0.0259. The largest absolute Gasteiger partial charge is 0.345 e. The molecule has 0 saturated carbocycles. The van der Waals surface area contributed by atoms with Gasteiger partial charge in [0.25, 0.3) is 0 Å². The summed E-state index contributed by atoms with van der Waals surface area (Å²) in [5.74, 6) is -0.760. The molecule has 1 aromatic rings. The average Bonchev–Trinajstić information content (AvgIpc) is 2.54. The van der Waals surface area contributed by atoms with Gasteiger partial charge in [-0.1, -0.05) is 12.1 Å². The number of carbonyl (C=O) groups is 3. The normalized spacial score (nSPS) is 21.0. The van der Waals surface area contributed by atoms with Crippen molar-refractivity contribution < 1.29 is 18.8 Å². The molecule has 2 aliphatic rings. The highest BCUT2D eigenvalue weighted by Crippen LogP contribution is 2.16. The molecule has 23 heavy (non-hydrogen) atoms. The van der Waals surface area contributed by atoms with Crippen LogP contribution in [0, 0.1) is 12.7 Å². The first-order chi connectivity index (χ1) is 11.0. The second-order valence-corrected chi connectivity index (χ2v) is 5.92. The quantitative estimate of drug-likeness (QED) is 0.824. The molecule has 7 heteroatoms. The molecule has 2 aliphatic heterocycles. The second kappa shape index (κ2) is 5.98. The van der Waals surface area contributed by atoms with Gasteiger partial charge < -0.3 is 15.1 Å². The van der Waals surface area contributed by atoms with Crippen LogP contribution in [0.25, 0.3) is 0 Å². The van der Waals surface area contributed by atoms with Crippen LogP contribution >= 0.6 is 0 Å². The summed E-state index contributed by atoms with van der Waals surface area (Å²) in [6, 6.07) is 3.99. The van der Waals surface area contributed by atoms with E-state index in [0.29, 0.717) is 18.7 Å². The third-order valence-electron chi connectivity index (χ3n) is 4.35. The van der Waals surface area contributed by atoms with Crippen LogP contribution in [0.3, 0.4) is 0 Å². The van der Waals surface area contributed by atoms with Gasteiger partial charge in [-0.2, -0.15) is 0 Å². The Balaban J connectivity index is 1.67. The number of amides is 3. The van der Waals surface area contributed by atoms with Crippen LogP contribution in [0.2, 0.25) is 0 Å². The second-order valence-electron chi connectivity index (χ2n) is 5.92.